The molecule has 1 aliphatic rings. The highest BCUT2D eigenvalue weighted by Crippen LogP contribution is 2.42. The van der Waals surface area contributed by atoms with E-state index >= 15 is 0 Å². The molecular weight excluding hydrogens is 350 g/mol. The summed E-state index contributed by atoms with van der Waals surface area (Å²) in [5.74, 6) is -0.725. The molecule has 0 saturated heterocycles. The Hall–Kier alpha value is -2.33. The molecule has 2 aromatic carbocycles. The van der Waals surface area contributed by atoms with Gasteiger partial charge in [0.25, 0.3) is 5.91 Å². The zero-order valence-electron chi connectivity index (χ0n) is 14.8. The van der Waals surface area contributed by atoms with Gasteiger partial charge in [0.1, 0.15) is 0 Å². The van der Waals surface area contributed by atoms with Crippen LogP contribution in [0.25, 0.3) is 0 Å². The number of hydrogen-bond acceptors (Lipinski definition) is 3. The third-order valence-corrected chi connectivity index (χ3v) is 5.22. The first kappa shape index (κ1) is 18.5. The molecule has 1 fully saturated rings. The number of halogens is 1. The number of benzene rings is 2. The van der Waals surface area contributed by atoms with Crippen LogP contribution in [0.3, 0.4) is 0 Å². The van der Waals surface area contributed by atoms with Gasteiger partial charge >= 0.3 is 5.97 Å². The molecule has 1 N–H and O–H groups in total. The van der Waals surface area contributed by atoms with E-state index in [1.807, 2.05) is 43.3 Å². The molecule has 0 aliphatic heterocycles. The average molecular weight is 372 g/mol. The lowest BCUT2D eigenvalue weighted by atomic mass is 9.79. The lowest BCUT2D eigenvalue weighted by molar-refractivity contribution is -0.153. The average Bonchev–Trinajstić information content (AvgIpc) is 3.14. The summed E-state index contributed by atoms with van der Waals surface area (Å²) in [6.45, 7) is 1.60. The number of nitrogens with one attached hydrogen (secondary N) is 1. The smallest absolute Gasteiger partial charge is 0.317 e. The number of amides is 1. The molecule has 1 aliphatic carbocycles. The number of anilines is 1. The Balaban J connectivity index is 1.64. The molecule has 0 spiro atoms. The molecular formula is C21H22ClNO3. The van der Waals surface area contributed by atoms with Gasteiger partial charge in [-0.15, -0.1) is 0 Å². The van der Waals surface area contributed by atoms with Crippen molar-refractivity contribution in [2.75, 3.05) is 11.9 Å². The van der Waals surface area contributed by atoms with Gasteiger partial charge in [-0.3, -0.25) is 9.59 Å². The van der Waals surface area contributed by atoms with Gasteiger partial charge in [-0.2, -0.15) is 0 Å². The molecule has 0 heterocycles. The van der Waals surface area contributed by atoms with Crippen LogP contribution in [0.4, 0.5) is 5.69 Å². The zero-order chi connectivity index (χ0) is 18.6. The number of carbonyl (C=O) groups excluding carboxylic acids is 2. The van der Waals surface area contributed by atoms with E-state index in [-0.39, 0.29) is 12.6 Å². The Morgan fingerprint density at radius 3 is 2.46 bits per heavy atom. The number of ether oxygens (including phenoxy) is 1. The predicted octanol–water partition coefficient (Wildman–Crippen LogP) is 4.64. The minimum absolute atomic E-state index is 0.322. The second-order valence-corrected chi connectivity index (χ2v) is 7.17. The summed E-state index contributed by atoms with van der Waals surface area (Å²) < 4.78 is 5.39. The van der Waals surface area contributed by atoms with E-state index in [2.05, 4.69) is 5.32 Å². The molecule has 0 radical (unpaired) electrons. The number of hydrogen-bond donors (Lipinski definition) is 1. The molecule has 0 unspecified atom stereocenters. The van der Waals surface area contributed by atoms with Crippen molar-refractivity contribution >= 4 is 29.2 Å². The van der Waals surface area contributed by atoms with Crippen LogP contribution in [-0.4, -0.2) is 18.5 Å². The van der Waals surface area contributed by atoms with E-state index in [0.29, 0.717) is 10.7 Å². The molecule has 5 heteroatoms. The van der Waals surface area contributed by atoms with Crippen LogP contribution >= 0.6 is 11.6 Å². The van der Waals surface area contributed by atoms with Gasteiger partial charge in [0.15, 0.2) is 6.61 Å². The molecule has 2 aromatic rings. The molecule has 1 amide bonds. The van der Waals surface area contributed by atoms with Gasteiger partial charge in [0, 0.05) is 0 Å². The number of esters is 1. The lowest BCUT2D eigenvalue weighted by Gasteiger charge is -2.27. The third kappa shape index (κ3) is 3.91. The molecule has 0 bridgehead atoms. The SMILES string of the molecule is Cc1ccc(NC(=O)COC(=O)C2(c3ccccc3)CCCC2)c(Cl)c1. The van der Waals surface area contributed by atoms with E-state index in [4.69, 9.17) is 16.3 Å². The van der Waals surface area contributed by atoms with Crippen molar-refractivity contribution < 1.29 is 14.3 Å². The van der Waals surface area contributed by atoms with Crippen molar-refractivity contribution in [2.45, 2.75) is 38.0 Å². The Morgan fingerprint density at radius 1 is 1.12 bits per heavy atom. The normalized spacial score (nSPS) is 15.5. The van der Waals surface area contributed by atoms with Gasteiger partial charge < -0.3 is 10.1 Å². The summed E-state index contributed by atoms with van der Waals surface area (Å²) in [5, 5.41) is 3.15. The number of aryl methyl sites for hydroxylation is 1. The second-order valence-electron chi connectivity index (χ2n) is 6.76. The van der Waals surface area contributed by atoms with Gasteiger partial charge in [0.2, 0.25) is 0 Å². The summed E-state index contributed by atoms with van der Waals surface area (Å²) in [7, 11) is 0. The largest absolute Gasteiger partial charge is 0.455 e. The topological polar surface area (TPSA) is 55.4 Å². The second kappa shape index (κ2) is 7.92. The van der Waals surface area contributed by atoms with Gasteiger partial charge in [-0.25, -0.2) is 0 Å². The zero-order valence-corrected chi connectivity index (χ0v) is 15.5. The summed E-state index contributed by atoms with van der Waals surface area (Å²) in [4.78, 5) is 25.0. The van der Waals surface area contributed by atoms with E-state index in [9.17, 15) is 9.59 Å². The maximum absolute atomic E-state index is 12.8. The highest BCUT2D eigenvalue weighted by Gasteiger charge is 2.44. The summed E-state index contributed by atoms with van der Waals surface area (Å²) in [6, 6.07) is 15.1. The Kier molecular flexibility index (Phi) is 5.62. The first-order valence-corrected chi connectivity index (χ1v) is 9.18. The standard InChI is InChI=1S/C21H22ClNO3/c1-15-9-10-18(17(22)13-15)23-19(24)14-26-20(25)21(11-5-6-12-21)16-7-3-2-4-8-16/h2-4,7-10,13H,5-6,11-12,14H2,1H3,(H,23,24). The Labute approximate surface area is 158 Å². The van der Waals surface area contributed by atoms with Crippen LogP contribution in [-0.2, 0) is 19.7 Å². The van der Waals surface area contributed by atoms with Crippen molar-refractivity contribution in [3.63, 3.8) is 0 Å². The minimum atomic E-state index is -0.636. The first-order valence-electron chi connectivity index (χ1n) is 8.80. The lowest BCUT2D eigenvalue weighted by Crippen LogP contribution is -2.36. The number of rotatable bonds is 5. The van der Waals surface area contributed by atoms with Crippen LogP contribution in [0.2, 0.25) is 5.02 Å². The molecule has 0 aromatic heterocycles. The van der Waals surface area contributed by atoms with Crippen LogP contribution < -0.4 is 5.32 Å². The molecule has 136 valence electrons. The molecule has 4 nitrogen and oxygen atoms in total. The Bertz CT molecular complexity index is 798. The van der Waals surface area contributed by atoms with Crippen molar-refractivity contribution in [3.8, 4) is 0 Å². The summed E-state index contributed by atoms with van der Waals surface area (Å²) >= 11 is 6.12. The van der Waals surface area contributed by atoms with Crippen LogP contribution in [0.5, 0.6) is 0 Å². The highest BCUT2D eigenvalue weighted by molar-refractivity contribution is 6.33. The Morgan fingerprint density at radius 2 is 1.81 bits per heavy atom. The number of carbonyl (C=O) groups is 2. The molecule has 0 atom stereocenters. The fraction of sp³-hybridized carbons (Fsp3) is 0.333. The molecule has 1 saturated carbocycles. The predicted molar refractivity (Wildman–Crippen MR) is 102 cm³/mol. The van der Waals surface area contributed by atoms with Gasteiger partial charge in [-0.1, -0.05) is 60.8 Å². The fourth-order valence-electron chi connectivity index (χ4n) is 3.52. The van der Waals surface area contributed by atoms with Gasteiger partial charge in [-0.05, 0) is 43.0 Å². The van der Waals surface area contributed by atoms with Crippen LogP contribution in [0.15, 0.2) is 48.5 Å². The van der Waals surface area contributed by atoms with E-state index in [1.165, 1.54) is 0 Å². The van der Waals surface area contributed by atoms with E-state index in [1.54, 1.807) is 12.1 Å². The monoisotopic (exact) mass is 371 g/mol. The van der Waals surface area contributed by atoms with Gasteiger partial charge in [0.05, 0.1) is 16.1 Å². The van der Waals surface area contributed by atoms with Crippen molar-refractivity contribution in [1.82, 2.24) is 0 Å². The molecule has 26 heavy (non-hydrogen) atoms. The molecule has 3 rings (SSSR count). The van der Waals surface area contributed by atoms with E-state index < -0.39 is 11.3 Å². The summed E-state index contributed by atoms with van der Waals surface area (Å²) in [6.07, 6.45) is 3.47. The van der Waals surface area contributed by atoms with Crippen molar-refractivity contribution in [1.29, 1.82) is 0 Å². The van der Waals surface area contributed by atoms with Crippen LogP contribution in [0.1, 0.15) is 36.8 Å². The highest BCUT2D eigenvalue weighted by atomic mass is 35.5. The minimum Gasteiger partial charge on any atom is -0.455 e. The first-order chi connectivity index (χ1) is 12.5. The summed E-state index contributed by atoms with van der Waals surface area (Å²) in [5.41, 5.74) is 1.84. The maximum Gasteiger partial charge on any atom is 0.317 e. The van der Waals surface area contributed by atoms with Crippen molar-refractivity contribution in [2.24, 2.45) is 0 Å². The quantitative estimate of drug-likeness (QED) is 0.779. The fourth-order valence-corrected chi connectivity index (χ4v) is 3.81. The van der Waals surface area contributed by atoms with Crippen LogP contribution in [0, 0.1) is 6.92 Å². The van der Waals surface area contributed by atoms with E-state index in [0.717, 1.165) is 36.8 Å². The maximum atomic E-state index is 12.8. The third-order valence-electron chi connectivity index (χ3n) is 4.91. The van der Waals surface area contributed by atoms with Crippen molar-refractivity contribution in [3.05, 3.63) is 64.7 Å².